The number of hydrogen-bond acceptors (Lipinski definition) is 4. The summed E-state index contributed by atoms with van der Waals surface area (Å²) in [5, 5.41) is 0. The van der Waals surface area contributed by atoms with E-state index in [0.717, 1.165) is 19.3 Å². The molecule has 0 bridgehead atoms. The number of hydrogen-bond donors (Lipinski definition) is 4. The van der Waals surface area contributed by atoms with Crippen LogP contribution in [0.1, 0.15) is 25.7 Å². The molecule has 0 aromatic heterocycles. The maximum absolute atomic E-state index is 10.3. The van der Waals surface area contributed by atoms with Gasteiger partial charge in [-0.15, -0.1) is 0 Å². The van der Waals surface area contributed by atoms with Gasteiger partial charge in [0.05, 0.1) is 0 Å². The fraction of sp³-hybridized carbons (Fsp3) is 1.00. The van der Waals surface area contributed by atoms with Crippen LogP contribution in [0.15, 0.2) is 0 Å². The van der Waals surface area contributed by atoms with E-state index in [1.165, 1.54) is 0 Å². The third-order valence-corrected chi connectivity index (χ3v) is 2.01. The second-order valence-electron chi connectivity index (χ2n) is 2.77. The Hall–Kier alpha value is 1.03. The van der Waals surface area contributed by atoms with Gasteiger partial charge in [-0.3, -0.25) is 4.52 Å². The van der Waals surface area contributed by atoms with Crippen LogP contribution in [0.5, 0.6) is 0 Å². The summed E-state index contributed by atoms with van der Waals surface area (Å²) in [6.45, 7) is 0.620. The van der Waals surface area contributed by atoms with Gasteiger partial charge in [-0.1, -0.05) is 6.42 Å². The van der Waals surface area contributed by atoms with Crippen molar-refractivity contribution in [2.24, 2.45) is 11.5 Å². The minimum absolute atomic E-state index is 0. The minimum atomic E-state index is -4.43. The summed E-state index contributed by atoms with van der Waals surface area (Å²) < 4.78 is 14.5. The summed E-state index contributed by atoms with van der Waals surface area (Å²) in [7, 11) is -4.43. The molecule has 0 spiro atoms. The normalized spacial score (nSPS) is 13.4. The van der Waals surface area contributed by atoms with E-state index in [1.54, 1.807) is 0 Å². The number of rotatable bonds is 7. The zero-order valence-corrected chi connectivity index (χ0v) is 8.32. The average Bonchev–Trinajstić information content (AvgIpc) is 1.94. The van der Waals surface area contributed by atoms with Crippen molar-refractivity contribution in [1.29, 1.82) is 0 Å². The van der Waals surface area contributed by atoms with E-state index in [4.69, 9.17) is 21.3 Å². The van der Waals surface area contributed by atoms with E-state index in [0.29, 0.717) is 13.0 Å². The molecule has 1 unspecified atom stereocenters. The summed E-state index contributed by atoms with van der Waals surface area (Å²) in [6.07, 6.45) is 2.10. The fourth-order valence-electron chi connectivity index (χ4n) is 0.896. The predicted octanol–water partition coefficient (Wildman–Crippen LogP) is -0.749. The molecule has 6 N–H and O–H groups in total. The molecule has 0 rings (SSSR count). The summed E-state index contributed by atoms with van der Waals surface area (Å²) >= 11 is 0. The monoisotopic (exact) mass is 236 g/mol. The van der Waals surface area contributed by atoms with Gasteiger partial charge in [-0.2, -0.15) is 0 Å². The predicted molar refractivity (Wildman–Crippen MR) is 55.8 cm³/mol. The molecule has 0 amide bonds. The zero-order valence-electron chi connectivity index (χ0n) is 7.43. The first-order valence-corrected chi connectivity index (χ1v) is 5.68. The van der Waals surface area contributed by atoms with E-state index in [9.17, 15) is 4.57 Å². The Bertz CT molecular complexity index is 177. The van der Waals surface area contributed by atoms with Gasteiger partial charge in [0.2, 0.25) is 0 Å². The molecule has 0 heterocycles. The second kappa shape index (κ2) is 9.27. The van der Waals surface area contributed by atoms with Gasteiger partial charge >= 0.3 is 37.4 Å². The van der Waals surface area contributed by atoms with Crippen molar-refractivity contribution in [3.63, 3.8) is 0 Å². The fourth-order valence-corrected chi connectivity index (χ4v) is 1.35. The van der Waals surface area contributed by atoms with Crippen LogP contribution in [-0.2, 0) is 9.09 Å². The van der Waals surface area contributed by atoms with E-state index in [1.807, 2.05) is 0 Å². The SMILES string of the molecule is NCCCCCC(N)OP(=O)(O)O.[NaH]. The van der Waals surface area contributed by atoms with E-state index < -0.39 is 14.1 Å². The summed E-state index contributed by atoms with van der Waals surface area (Å²) in [4.78, 5) is 16.8. The van der Waals surface area contributed by atoms with Crippen molar-refractivity contribution in [2.75, 3.05) is 6.54 Å². The molecule has 0 aliphatic carbocycles. The van der Waals surface area contributed by atoms with Crippen LogP contribution < -0.4 is 11.5 Å². The van der Waals surface area contributed by atoms with Crippen LogP contribution in [0.3, 0.4) is 0 Å². The second-order valence-corrected chi connectivity index (χ2v) is 3.96. The van der Waals surface area contributed by atoms with Crippen LogP contribution >= 0.6 is 7.82 Å². The maximum atomic E-state index is 10.3. The molecule has 6 nitrogen and oxygen atoms in total. The van der Waals surface area contributed by atoms with Gasteiger partial charge < -0.3 is 21.3 Å². The molecule has 0 aromatic carbocycles. The Morgan fingerprint density at radius 2 is 1.86 bits per heavy atom. The molecular weight excluding hydrogens is 218 g/mol. The number of phosphoric ester groups is 1. The first-order valence-electron chi connectivity index (χ1n) is 4.15. The Balaban J connectivity index is 0. The van der Waals surface area contributed by atoms with Gasteiger partial charge in [-0.25, -0.2) is 4.57 Å². The molecule has 0 radical (unpaired) electrons. The van der Waals surface area contributed by atoms with Gasteiger partial charge in [0.15, 0.2) is 0 Å². The van der Waals surface area contributed by atoms with E-state index in [-0.39, 0.29) is 29.6 Å². The van der Waals surface area contributed by atoms with Gasteiger partial charge in [0.1, 0.15) is 6.23 Å². The molecule has 8 heteroatoms. The first kappa shape index (κ1) is 17.4. The molecule has 14 heavy (non-hydrogen) atoms. The topological polar surface area (TPSA) is 119 Å². The van der Waals surface area contributed by atoms with Crippen LogP contribution in [0.4, 0.5) is 0 Å². The van der Waals surface area contributed by atoms with Crippen molar-refractivity contribution >= 4 is 37.4 Å². The Labute approximate surface area is 106 Å². The zero-order chi connectivity index (χ0) is 10.3. The third-order valence-electron chi connectivity index (χ3n) is 1.47. The summed E-state index contributed by atoms with van der Waals surface area (Å²) in [5.74, 6) is 0. The molecular formula is C6H18N2NaO4P. The molecule has 0 saturated carbocycles. The Morgan fingerprint density at radius 3 is 2.29 bits per heavy atom. The van der Waals surface area contributed by atoms with Crippen LogP contribution in [-0.4, -0.2) is 52.1 Å². The van der Waals surface area contributed by atoms with Crippen LogP contribution in [0, 0.1) is 0 Å². The Morgan fingerprint density at radius 1 is 1.29 bits per heavy atom. The molecule has 0 aromatic rings. The quantitative estimate of drug-likeness (QED) is 0.200. The van der Waals surface area contributed by atoms with Crippen molar-refractivity contribution < 1.29 is 18.9 Å². The van der Waals surface area contributed by atoms with Crippen molar-refractivity contribution in [1.82, 2.24) is 0 Å². The van der Waals surface area contributed by atoms with Crippen molar-refractivity contribution in [3.05, 3.63) is 0 Å². The van der Waals surface area contributed by atoms with Gasteiger partial charge in [0, 0.05) is 0 Å². The van der Waals surface area contributed by atoms with Gasteiger partial charge in [0.25, 0.3) is 0 Å². The van der Waals surface area contributed by atoms with Crippen LogP contribution in [0.25, 0.3) is 0 Å². The standard InChI is InChI=1S/C6H17N2O4P.Na.H/c7-5-3-1-2-4-6(8)12-13(9,10)11;;/h6H,1-5,7-8H2,(H2,9,10,11);;. The molecule has 0 saturated heterocycles. The number of unbranched alkanes of at least 4 members (excludes halogenated alkanes) is 2. The molecule has 0 fully saturated rings. The third kappa shape index (κ3) is 13.0. The van der Waals surface area contributed by atoms with Crippen molar-refractivity contribution in [3.8, 4) is 0 Å². The molecule has 0 aliphatic rings. The number of nitrogens with two attached hydrogens (primary N) is 2. The Kier molecular flexibility index (Phi) is 11.5. The number of phosphoric acid groups is 1. The van der Waals surface area contributed by atoms with E-state index >= 15 is 0 Å². The van der Waals surface area contributed by atoms with Crippen molar-refractivity contribution in [2.45, 2.75) is 31.9 Å². The molecule has 0 aliphatic heterocycles. The van der Waals surface area contributed by atoms with Crippen LogP contribution in [0.2, 0.25) is 0 Å². The van der Waals surface area contributed by atoms with Gasteiger partial charge in [-0.05, 0) is 25.8 Å². The molecule has 82 valence electrons. The summed E-state index contributed by atoms with van der Waals surface area (Å²) in [5.41, 5.74) is 10.6. The average molecular weight is 236 g/mol. The first-order chi connectivity index (χ1) is 5.95. The summed E-state index contributed by atoms with van der Waals surface area (Å²) in [6, 6.07) is 0. The molecule has 1 atom stereocenters. The van der Waals surface area contributed by atoms with E-state index in [2.05, 4.69) is 4.52 Å².